The minimum Gasteiger partial charge on any atom is -0.381 e. The van der Waals surface area contributed by atoms with Gasteiger partial charge in [-0.15, -0.1) is 0 Å². The Hall–Kier alpha value is -2.93. The molecule has 3 saturated carbocycles. The second-order valence-electron chi connectivity index (χ2n) is 10.3. The highest BCUT2D eigenvalue weighted by Gasteiger charge is 2.67. The summed E-state index contributed by atoms with van der Waals surface area (Å²) in [4.78, 5) is 26.2. The highest BCUT2D eigenvalue weighted by molar-refractivity contribution is 5.89. The molecule has 1 aliphatic heterocycles. The normalized spacial score (nSPS) is 25.4. The van der Waals surface area contributed by atoms with Gasteiger partial charge in [0.2, 0.25) is 0 Å². The van der Waals surface area contributed by atoms with Crippen molar-refractivity contribution in [3.05, 3.63) is 65.0 Å². The van der Waals surface area contributed by atoms with Gasteiger partial charge in [0.05, 0.1) is 0 Å². The van der Waals surface area contributed by atoms with Crippen LogP contribution in [0.1, 0.15) is 49.8 Å². The molecule has 3 N–H and O–H groups in total. The molecule has 0 atom stereocenters. The van der Waals surface area contributed by atoms with Gasteiger partial charge < -0.3 is 20.6 Å². The highest BCUT2D eigenvalue weighted by atomic mass is 19.1. The summed E-state index contributed by atoms with van der Waals surface area (Å²) < 4.78 is 13.4. The van der Waals surface area contributed by atoms with Gasteiger partial charge in [0, 0.05) is 25.3 Å². The molecule has 0 saturated heterocycles. The summed E-state index contributed by atoms with van der Waals surface area (Å²) in [7, 11) is 0. The lowest BCUT2D eigenvalue weighted by Gasteiger charge is -2.71. The fourth-order valence-electron chi connectivity index (χ4n) is 5.59. The van der Waals surface area contributed by atoms with Crippen LogP contribution in [0.3, 0.4) is 0 Å². The molecule has 2 aromatic carbocycles. The number of nitrogens with zero attached hydrogens (tertiary/aromatic N) is 1. The SMILES string of the molecule is CC(C)(O)C(=O)NCC12CC(c3ccc(NC(=O)N4Cc5ccc(F)cc5C4)cc3)(C1)C2. The number of urea groups is 1. The van der Waals surface area contributed by atoms with Crippen molar-refractivity contribution in [3.8, 4) is 0 Å². The van der Waals surface area contributed by atoms with Crippen LogP contribution in [-0.4, -0.2) is 34.1 Å². The van der Waals surface area contributed by atoms with Gasteiger partial charge in [0.1, 0.15) is 11.4 Å². The van der Waals surface area contributed by atoms with E-state index in [-0.39, 0.29) is 28.6 Å². The molecule has 3 fully saturated rings. The largest absolute Gasteiger partial charge is 0.381 e. The van der Waals surface area contributed by atoms with Gasteiger partial charge in [-0.25, -0.2) is 9.18 Å². The van der Waals surface area contributed by atoms with Crippen LogP contribution < -0.4 is 10.6 Å². The van der Waals surface area contributed by atoms with Crippen LogP contribution in [0.4, 0.5) is 14.9 Å². The predicted molar refractivity (Wildman–Crippen MR) is 118 cm³/mol. The molecule has 0 unspecified atom stereocenters. The molecule has 3 aliphatic carbocycles. The van der Waals surface area contributed by atoms with Gasteiger partial charge in [0.25, 0.3) is 5.91 Å². The Balaban J connectivity index is 1.14. The summed E-state index contributed by atoms with van der Waals surface area (Å²) in [6.07, 6.45) is 3.08. The quantitative estimate of drug-likeness (QED) is 0.667. The van der Waals surface area contributed by atoms with Crippen LogP contribution in [0.15, 0.2) is 42.5 Å². The van der Waals surface area contributed by atoms with Crippen LogP contribution in [0, 0.1) is 11.2 Å². The minimum absolute atomic E-state index is 0.151. The van der Waals surface area contributed by atoms with Crippen molar-refractivity contribution >= 4 is 17.6 Å². The zero-order chi connectivity index (χ0) is 22.7. The standard InChI is InChI=1S/C25H28FN3O3/c1-23(2,32)21(30)27-15-24-12-25(13-24,14-24)18-4-7-20(8-5-18)28-22(31)29-10-16-3-6-19(26)9-17(16)11-29/h3-9,32H,10-15H2,1-2H3,(H,27,30)(H,28,31). The van der Waals surface area contributed by atoms with Crippen LogP contribution in [0.2, 0.25) is 0 Å². The van der Waals surface area contributed by atoms with Crippen molar-refractivity contribution in [2.45, 2.75) is 57.2 Å². The number of hydrogen-bond donors (Lipinski definition) is 3. The predicted octanol–water partition coefficient (Wildman–Crippen LogP) is 3.68. The fourth-order valence-corrected chi connectivity index (χ4v) is 5.59. The average molecular weight is 438 g/mol. The summed E-state index contributed by atoms with van der Waals surface area (Å²) >= 11 is 0. The Bertz CT molecular complexity index is 1070. The van der Waals surface area contributed by atoms with Crippen LogP contribution >= 0.6 is 0 Å². The number of carbonyl (C=O) groups excluding carboxylic acids is 2. The molecule has 0 aromatic heterocycles. The number of fused-ring (bicyclic) bond motifs is 1. The van der Waals surface area contributed by atoms with Crippen molar-refractivity contribution in [3.63, 3.8) is 0 Å². The molecule has 7 heteroatoms. The van der Waals surface area contributed by atoms with Crippen LogP contribution in [-0.2, 0) is 23.3 Å². The molecular formula is C25H28FN3O3. The van der Waals surface area contributed by atoms with E-state index in [0.29, 0.717) is 19.6 Å². The number of hydrogen-bond acceptors (Lipinski definition) is 3. The topological polar surface area (TPSA) is 81.7 Å². The number of benzene rings is 2. The first-order valence-electron chi connectivity index (χ1n) is 11.0. The average Bonchev–Trinajstić information content (AvgIpc) is 3.09. The maximum Gasteiger partial charge on any atom is 0.322 e. The van der Waals surface area contributed by atoms with Crippen LogP contribution in [0.25, 0.3) is 0 Å². The van der Waals surface area contributed by atoms with E-state index in [1.54, 1.807) is 11.0 Å². The Labute approximate surface area is 186 Å². The van der Waals surface area contributed by atoms with E-state index >= 15 is 0 Å². The third kappa shape index (κ3) is 3.54. The van der Waals surface area contributed by atoms with Crippen molar-refractivity contribution < 1.29 is 19.1 Å². The first-order chi connectivity index (χ1) is 15.1. The molecule has 2 aromatic rings. The summed E-state index contributed by atoms with van der Waals surface area (Å²) in [5.74, 6) is -0.612. The van der Waals surface area contributed by atoms with E-state index in [1.165, 1.54) is 31.5 Å². The molecule has 0 spiro atoms. The number of amides is 3. The maximum atomic E-state index is 13.4. The number of halogens is 1. The van der Waals surface area contributed by atoms with Crippen molar-refractivity contribution in [1.82, 2.24) is 10.2 Å². The summed E-state index contributed by atoms with van der Waals surface area (Å²) in [5.41, 5.74) is 2.80. The molecule has 32 heavy (non-hydrogen) atoms. The van der Waals surface area contributed by atoms with Gasteiger partial charge in [-0.1, -0.05) is 18.2 Å². The third-order valence-corrected chi connectivity index (χ3v) is 7.25. The van der Waals surface area contributed by atoms with Crippen molar-refractivity contribution in [1.29, 1.82) is 0 Å². The number of nitrogens with one attached hydrogen (secondary N) is 2. The lowest BCUT2D eigenvalue weighted by Crippen LogP contribution is -2.68. The third-order valence-electron chi connectivity index (χ3n) is 7.25. The second-order valence-corrected chi connectivity index (χ2v) is 10.3. The molecule has 0 radical (unpaired) electrons. The van der Waals surface area contributed by atoms with Gasteiger partial charge in [-0.2, -0.15) is 0 Å². The molecule has 6 rings (SSSR count). The molecular weight excluding hydrogens is 409 g/mol. The highest BCUT2D eigenvalue weighted by Crippen LogP contribution is 2.73. The van der Waals surface area contributed by atoms with Crippen LogP contribution in [0.5, 0.6) is 0 Å². The van der Waals surface area contributed by atoms with E-state index in [4.69, 9.17) is 0 Å². The first kappa shape index (κ1) is 20.9. The molecule has 3 amide bonds. The zero-order valence-electron chi connectivity index (χ0n) is 18.4. The number of anilines is 1. The summed E-state index contributed by atoms with van der Waals surface area (Å²) in [6, 6.07) is 12.5. The van der Waals surface area contributed by atoms with Gasteiger partial charge in [-0.3, -0.25) is 4.79 Å². The number of carbonyl (C=O) groups is 2. The summed E-state index contributed by atoms with van der Waals surface area (Å²) in [5, 5.41) is 15.6. The van der Waals surface area contributed by atoms with E-state index in [0.717, 1.165) is 36.1 Å². The van der Waals surface area contributed by atoms with E-state index in [2.05, 4.69) is 22.8 Å². The molecule has 6 nitrogen and oxygen atoms in total. The monoisotopic (exact) mass is 437 g/mol. The first-order valence-corrected chi connectivity index (χ1v) is 11.0. The Morgan fingerprint density at radius 1 is 1.06 bits per heavy atom. The molecule has 168 valence electrons. The Kier molecular flexibility index (Phi) is 4.60. The molecule has 2 bridgehead atoms. The van der Waals surface area contributed by atoms with Crippen molar-refractivity contribution in [2.75, 3.05) is 11.9 Å². The van der Waals surface area contributed by atoms with E-state index < -0.39 is 5.60 Å². The maximum absolute atomic E-state index is 13.4. The van der Waals surface area contributed by atoms with E-state index in [9.17, 15) is 19.1 Å². The Morgan fingerprint density at radius 2 is 1.72 bits per heavy atom. The van der Waals surface area contributed by atoms with Gasteiger partial charge >= 0.3 is 6.03 Å². The van der Waals surface area contributed by atoms with Gasteiger partial charge in [-0.05, 0) is 84.9 Å². The smallest absolute Gasteiger partial charge is 0.322 e. The van der Waals surface area contributed by atoms with Crippen molar-refractivity contribution in [2.24, 2.45) is 5.41 Å². The second kappa shape index (κ2) is 7.04. The lowest BCUT2D eigenvalue weighted by atomic mass is 9.33. The molecule has 4 aliphatic rings. The fraction of sp³-hybridized carbons (Fsp3) is 0.440. The zero-order valence-corrected chi connectivity index (χ0v) is 18.4. The van der Waals surface area contributed by atoms with Gasteiger partial charge in [0.15, 0.2) is 0 Å². The molecule has 1 heterocycles. The number of aliphatic hydroxyl groups is 1. The lowest BCUT2D eigenvalue weighted by molar-refractivity contribution is -0.152. The van der Waals surface area contributed by atoms with E-state index in [1.807, 2.05) is 12.1 Å². The minimum atomic E-state index is -1.35. The summed E-state index contributed by atoms with van der Waals surface area (Å²) in [6.45, 7) is 4.48. The number of rotatable bonds is 5. The Morgan fingerprint density at radius 3 is 2.38 bits per heavy atom.